The van der Waals surface area contributed by atoms with Crippen LogP contribution in [0.5, 0.6) is 0 Å². The molecule has 1 heterocycles. The average molecular weight is 739 g/mol. The van der Waals surface area contributed by atoms with Crippen LogP contribution in [0.15, 0.2) is 18.5 Å². The smallest absolute Gasteiger partial charge is 0.172 e. The monoisotopic (exact) mass is 739 g/mol. The molecule has 0 N–H and O–H groups in total. The fraction of sp³-hybridized carbons (Fsp3) is 0.904. The summed E-state index contributed by atoms with van der Waals surface area (Å²) in [5.41, 5.74) is 3.34. The summed E-state index contributed by atoms with van der Waals surface area (Å²) in [5, 5.41) is 0. The van der Waals surface area contributed by atoms with Gasteiger partial charge in [0.15, 0.2) is 12.4 Å². The van der Waals surface area contributed by atoms with Gasteiger partial charge in [0.1, 0.15) is 6.54 Å². The van der Waals surface area contributed by atoms with Crippen molar-refractivity contribution in [2.75, 3.05) is 0 Å². The largest absolute Gasteiger partial charge is 0.205 e. The first-order valence-electron chi connectivity index (χ1n) is 25.3. The molecule has 0 spiro atoms. The van der Waals surface area contributed by atoms with Gasteiger partial charge in [-0.15, -0.1) is 0 Å². The summed E-state index contributed by atoms with van der Waals surface area (Å²) in [7, 11) is 0. The molecule has 0 fully saturated rings. The molecule has 0 saturated carbocycles. The van der Waals surface area contributed by atoms with Gasteiger partial charge in [0.05, 0.1) is 0 Å². The maximum absolute atomic E-state index is 2.56. The van der Waals surface area contributed by atoms with Crippen molar-refractivity contribution in [2.45, 2.75) is 303 Å². The summed E-state index contributed by atoms with van der Waals surface area (Å²) in [6.45, 7) is 8.16. The molecule has 0 aliphatic heterocycles. The molecule has 0 unspecified atom stereocenters. The number of aryl methyl sites for hydroxylation is 3. The zero-order valence-corrected chi connectivity index (χ0v) is 37.3. The van der Waals surface area contributed by atoms with E-state index in [-0.39, 0.29) is 0 Å². The van der Waals surface area contributed by atoms with E-state index in [9.17, 15) is 0 Å². The topological polar surface area (TPSA) is 3.88 Å². The second-order valence-electron chi connectivity index (χ2n) is 17.7. The second-order valence-corrected chi connectivity index (χ2v) is 17.7. The van der Waals surface area contributed by atoms with Crippen LogP contribution in [-0.4, -0.2) is 0 Å². The fourth-order valence-corrected chi connectivity index (χ4v) is 8.56. The number of hydrogen-bond donors (Lipinski definition) is 0. The molecule has 312 valence electrons. The Morgan fingerprint density at radius 2 is 0.528 bits per heavy atom. The molecule has 0 amide bonds. The quantitative estimate of drug-likeness (QED) is 0.0464. The molecule has 0 aliphatic carbocycles. The lowest BCUT2D eigenvalue weighted by Crippen LogP contribution is -2.34. The number of pyridine rings is 1. The van der Waals surface area contributed by atoms with Crippen LogP contribution in [-0.2, 0) is 19.4 Å². The van der Waals surface area contributed by atoms with Crippen LogP contribution < -0.4 is 4.57 Å². The first-order chi connectivity index (χ1) is 26.3. The lowest BCUT2D eigenvalue weighted by molar-refractivity contribution is -0.697. The molecular weight excluding hydrogens is 639 g/mol. The van der Waals surface area contributed by atoms with Gasteiger partial charge in [0, 0.05) is 18.1 Å². The van der Waals surface area contributed by atoms with E-state index in [2.05, 4.69) is 43.8 Å². The van der Waals surface area contributed by atoms with Gasteiger partial charge >= 0.3 is 0 Å². The maximum Gasteiger partial charge on any atom is 0.172 e. The van der Waals surface area contributed by atoms with Crippen LogP contribution in [0.4, 0.5) is 0 Å². The van der Waals surface area contributed by atoms with E-state index in [0.29, 0.717) is 0 Å². The van der Waals surface area contributed by atoms with Crippen LogP contribution in [0.2, 0.25) is 0 Å². The van der Waals surface area contributed by atoms with Gasteiger partial charge in [0.2, 0.25) is 0 Å². The number of nitrogens with zero attached hydrogens (tertiary/aromatic N) is 1. The van der Waals surface area contributed by atoms with Gasteiger partial charge in [0.25, 0.3) is 0 Å². The van der Waals surface area contributed by atoms with Crippen molar-refractivity contribution in [1.29, 1.82) is 0 Å². The molecule has 0 radical (unpaired) electrons. The van der Waals surface area contributed by atoms with E-state index in [4.69, 9.17) is 0 Å². The van der Waals surface area contributed by atoms with Crippen LogP contribution in [0.3, 0.4) is 0 Å². The van der Waals surface area contributed by atoms with E-state index in [0.717, 1.165) is 0 Å². The van der Waals surface area contributed by atoms with Gasteiger partial charge in [-0.25, -0.2) is 4.57 Å². The molecule has 53 heavy (non-hydrogen) atoms. The van der Waals surface area contributed by atoms with Crippen LogP contribution >= 0.6 is 0 Å². The molecule has 0 atom stereocenters. The molecule has 1 aromatic rings. The van der Waals surface area contributed by atoms with Crippen LogP contribution in [0.25, 0.3) is 0 Å². The summed E-state index contributed by atoms with van der Waals surface area (Å²) in [4.78, 5) is 0. The highest BCUT2D eigenvalue weighted by molar-refractivity contribution is 5.21. The van der Waals surface area contributed by atoms with Crippen molar-refractivity contribution in [3.05, 3.63) is 29.6 Å². The van der Waals surface area contributed by atoms with Crippen molar-refractivity contribution in [1.82, 2.24) is 0 Å². The van der Waals surface area contributed by atoms with Crippen molar-refractivity contribution in [2.24, 2.45) is 0 Å². The minimum Gasteiger partial charge on any atom is -0.205 e. The SMILES string of the molecule is CCCCCCCCCCCCCCCCCCCc1cc[n+](CCCCCCCCC)cc1CCCCCCCCCCCCCCCCCCC. The van der Waals surface area contributed by atoms with Crippen LogP contribution in [0, 0.1) is 0 Å². The number of unbranched alkanes of at least 4 members (excludes halogenated alkanes) is 38. The zero-order chi connectivity index (χ0) is 38.0. The van der Waals surface area contributed by atoms with E-state index >= 15 is 0 Å². The molecule has 1 aromatic heterocycles. The van der Waals surface area contributed by atoms with Crippen molar-refractivity contribution < 1.29 is 4.57 Å². The third-order valence-corrected chi connectivity index (χ3v) is 12.3. The minimum atomic E-state index is 1.21. The number of aromatic nitrogens is 1. The van der Waals surface area contributed by atoms with E-state index in [1.165, 1.54) is 283 Å². The fourth-order valence-electron chi connectivity index (χ4n) is 8.56. The van der Waals surface area contributed by atoms with Crippen molar-refractivity contribution in [3.8, 4) is 0 Å². The molecule has 0 saturated heterocycles. The Hall–Kier alpha value is -0.850. The van der Waals surface area contributed by atoms with Gasteiger partial charge < -0.3 is 0 Å². The average Bonchev–Trinajstić information content (AvgIpc) is 3.17. The van der Waals surface area contributed by atoms with E-state index in [1.54, 1.807) is 11.1 Å². The zero-order valence-electron chi connectivity index (χ0n) is 37.3. The van der Waals surface area contributed by atoms with Gasteiger partial charge in [-0.05, 0) is 37.7 Å². The second kappa shape index (κ2) is 42.3. The van der Waals surface area contributed by atoms with Crippen LogP contribution in [0.1, 0.15) is 295 Å². The molecular formula is C52H100N+. The summed E-state index contributed by atoms with van der Waals surface area (Å²) < 4.78 is 2.53. The Morgan fingerprint density at radius 3 is 0.830 bits per heavy atom. The normalized spacial score (nSPS) is 11.6. The summed E-state index contributed by atoms with van der Waals surface area (Å²) in [6, 6.07) is 2.51. The highest BCUT2D eigenvalue weighted by atomic mass is 14.9. The molecule has 1 heteroatoms. The Morgan fingerprint density at radius 1 is 0.283 bits per heavy atom. The maximum atomic E-state index is 2.56. The van der Waals surface area contributed by atoms with Gasteiger partial charge in [-0.3, -0.25) is 0 Å². The highest BCUT2D eigenvalue weighted by Gasteiger charge is 2.10. The van der Waals surface area contributed by atoms with Gasteiger partial charge in [-0.2, -0.15) is 0 Å². The predicted octanol–water partition coefficient (Wildman–Crippen LogP) is 18.1. The Balaban J connectivity index is 2.21. The Bertz CT molecular complexity index is 828. The minimum absolute atomic E-state index is 1.21. The van der Waals surface area contributed by atoms with E-state index in [1.807, 2.05) is 0 Å². The summed E-state index contributed by atoms with van der Waals surface area (Å²) in [6.07, 6.45) is 66.8. The summed E-state index contributed by atoms with van der Waals surface area (Å²) >= 11 is 0. The Kier molecular flexibility index (Phi) is 40.0. The lowest BCUT2D eigenvalue weighted by atomic mass is 9.97. The van der Waals surface area contributed by atoms with Crippen molar-refractivity contribution >= 4 is 0 Å². The first kappa shape index (κ1) is 50.2. The lowest BCUT2D eigenvalue weighted by Gasteiger charge is -2.10. The molecule has 0 aromatic carbocycles. The standard InChI is InChI=1S/C52H100N/c1-4-7-10-13-16-18-20-22-24-26-28-30-32-34-36-39-42-45-51-47-49-53(48-44-41-38-15-12-9-6-3)50-52(51)46-43-40-37-35-33-31-29-27-25-23-21-19-17-14-11-8-5-2/h47,49-50H,4-46,48H2,1-3H3/q+1. The Labute approximate surface area is 336 Å². The molecule has 0 aliphatic rings. The van der Waals surface area contributed by atoms with E-state index < -0.39 is 0 Å². The summed E-state index contributed by atoms with van der Waals surface area (Å²) in [5.74, 6) is 0. The van der Waals surface area contributed by atoms with Gasteiger partial charge in [-0.1, -0.05) is 258 Å². The predicted molar refractivity (Wildman–Crippen MR) is 240 cm³/mol. The molecule has 1 nitrogen and oxygen atoms in total. The third kappa shape index (κ3) is 35.3. The number of rotatable bonds is 44. The third-order valence-electron chi connectivity index (χ3n) is 12.3. The highest BCUT2D eigenvalue weighted by Crippen LogP contribution is 2.19. The molecule has 1 rings (SSSR count). The number of hydrogen-bond acceptors (Lipinski definition) is 0. The first-order valence-corrected chi connectivity index (χ1v) is 25.3. The molecule has 0 bridgehead atoms. The van der Waals surface area contributed by atoms with Crippen molar-refractivity contribution in [3.63, 3.8) is 0 Å².